The van der Waals surface area contributed by atoms with Crippen LogP contribution in [0.1, 0.15) is 39.5 Å². The Balaban J connectivity index is 1.84. The van der Waals surface area contributed by atoms with Gasteiger partial charge < -0.3 is 10.6 Å². The van der Waals surface area contributed by atoms with E-state index in [1.807, 2.05) is 0 Å². The Labute approximate surface area is 170 Å². The first-order valence-corrected chi connectivity index (χ1v) is 9.83. The molecule has 0 saturated heterocycles. The van der Waals surface area contributed by atoms with Crippen LogP contribution < -0.4 is 10.6 Å². The number of amides is 2. The summed E-state index contributed by atoms with van der Waals surface area (Å²) in [4.78, 5) is 22.3. The third kappa shape index (κ3) is 7.69. The molecule has 0 aliphatic carbocycles. The quantitative estimate of drug-likeness (QED) is 0.277. The van der Waals surface area contributed by atoms with Gasteiger partial charge in [0.05, 0.1) is 16.3 Å². The van der Waals surface area contributed by atoms with E-state index in [-0.39, 0.29) is 11.7 Å². The zero-order valence-corrected chi connectivity index (χ0v) is 16.8. The summed E-state index contributed by atoms with van der Waals surface area (Å²) in [5.41, 5.74) is 1.80. The minimum atomic E-state index is -0.462. The molecule has 0 aromatic heterocycles. The molecule has 1 unspecified atom stereocenters. The van der Waals surface area contributed by atoms with Crippen molar-refractivity contribution in [2.24, 2.45) is 16.1 Å². The summed E-state index contributed by atoms with van der Waals surface area (Å²) >= 11 is 0. The van der Waals surface area contributed by atoms with Gasteiger partial charge in [0.2, 0.25) is 0 Å². The summed E-state index contributed by atoms with van der Waals surface area (Å²) in [7, 11) is 0. The lowest BCUT2D eigenvalue weighted by atomic mass is 9.99. The number of nitro benzene ring substituents is 1. The number of nitrogens with zero attached hydrogens (tertiary/aromatic N) is 3. The van der Waals surface area contributed by atoms with Crippen LogP contribution in [0.4, 0.5) is 27.5 Å². The van der Waals surface area contributed by atoms with Gasteiger partial charge in [-0.05, 0) is 48.7 Å². The Morgan fingerprint density at radius 1 is 1.03 bits per heavy atom. The number of hydrogen-bond donors (Lipinski definition) is 2. The fourth-order valence-electron chi connectivity index (χ4n) is 2.72. The summed E-state index contributed by atoms with van der Waals surface area (Å²) in [6.45, 7) is 4.98. The predicted molar refractivity (Wildman–Crippen MR) is 114 cm³/mol. The predicted octanol–water partition coefficient (Wildman–Crippen LogP) is 6.35. The van der Waals surface area contributed by atoms with Crippen LogP contribution in [0.15, 0.2) is 58.8 Å². The van der Waals surface area contributed by atoms with Crippen LogP contribution in [0.3, 0.4) is 0 Å². The molecule has 0 bridgehead atoms. The molecule has 8 heteroatoms. The second kappa shape index (κ2) is 11.5. The van der Waals surface area contributed by atoms with Crippen LogP contribution in [0.25, 0.3) is 0 Å². The second-order valence-corrected chi connectivity index (χ2v) is 6.77. The molecule has 2 N–H and O–H groups in total. The van der Waals surface area contributed by atoms with Gasteiger partial charge in [0, 0.05) is 24.4 Å². The van der Waals surface area contributed by atoms with Crippen molar-refractivity contribution in [1.82, 2.24) is 5.32 Å². The Morgan fingerprint density at radius 2 is 1.62 bits per heavy atom. The molecule has 154 valence electrons. The molecular formula is C21H27N5O3. The van der Waals surface area contributed by atoms with E-state index in [0.29, 0.717) is 29.5 Å². The van der Waals surface area contributed by atoms with E-state index in [0.717, 1.165) is 19.3 Å². The van der Waals surface area contributed by atoms with Gasteiger partial charge in [-0.3, -0.25) is 10.1 Å². The Kier molecular flexibility index (Phi) is 8.75. The molecule has 29 heavy (non-hydrogen) atoms. The van der Waals surface area contributed by atoms with Crippen LogP contribution in [0.2, 0.25) is 0 Å². The van der Waals surface area contributed by atoms with Crippen molar-refractivity contribution in [3.8, 4) is 0 Å². The third-order valence-corrected chi connectivity index (χ3v) is 4.56. The van der Waals surface area contributed by atoms with Crippen molar-refractivity contribution in [1.29, 1.82) is 0 Å². The average molecular weight is 397 g/mol. The molecule has 0 aliphatic heterocycles. The van der Waals surface area contributed by atoms with E-state index in [1.54, 1.807) is 24.3 Å². The first-order chi connectivity index (χ1) is 14.0. The van der Waals surface area contributed by atoms with E-state index in [4.69, 9.17) is 0 Å². The smallest absolute Gasteiger partial charge is 0.319 e. The van der Waals surface area contributed by atoms with Crippen LogP contribution in [0.5, 0.6) is 0 Å². The van der Waals surface area contributed by atoms with Gasteiger partial charge in [0.25, 0.3) is 5.69 Å². The van der Waals surface area contributed by atoms with Crippen molar-refractivity contribution in [3.63, 3.8) is 0 Å². The van der Waals surface area contributed by atoms with E-state index < -0.39 is 4.92 Å². The SMILES string of the molecule is CCCCC(CC)CNC(=O)Nc1ccc(N=Nc2ccc([N+](=O)[O-])cc2)cc1. The number of azo groups is 1. The number of non-ortho nitro benzene ring substituents is 1. The van der Waals surface area contributed by atoms with Gasteiger partial charge in [-0.2, -0.15) is 10.2 Å². The Hall–Kier alpha value is -3.29. The Morgan fingerprint density at radius 3 is 2.14 bits per heavy atom. The van der Waals surface area contributed by atoms with Crippen molar-refractivity contribution >= 4 is 28.8 Å². The van der Waals surface area contributed by atoms with Crippen LogP contribution in [-0.4, -0.2) is 17.5 Å². The molecule has 2 rings (SSSR count). The number of carbonyl (C=O) groups is 1. The normalized spacial score (nSPS) is 11.9. The van der Waals surface area contributed by atoms with Gasteiger partial charge in [-0.1, -0.05) is 33.1 Å². The molecule has 0 fully saturated rings. The van der Waals surface area contributed by atoms with Crippen LogP contribution in [0, 0.1) is 16.0 Å². The van der Waals surface area contributed by atoms with Gasteiger partial charge in [0.1, 0.15) is 0 Å². The number of carbonyl (C=O) groups excluding carboxylic acids is 1. The molecule has 2 aromatic rings. The lowest BCUT2D eigenvalue weighted by molar-refractivity contribution is -0.384. The molecule has 8 nitrogen and oxygen atoms in total. The van der Waals surface area contributed by atoms with E-state index in [9.17, 15) is 14.9 Å². The zero-order valence-electron chi connectivity index (χ0n) is 16.8. The standard InChI is InChI=1S/C21H27N5O3/c1-3-5-6-16(4-2)15-22-21(27)23-17-7-9-18(10-8-17)24-25-19-11-13-20(14-12-19)26(28)29/h7-14,16H,3-6,15H2,1-2H3,(H2,22,23,27). The maximum atomic E-state index is 12.1. The van der Waals surface area contributed by atoms with Crippen LogP contribution in [-0.2, 0) is 0 Å². The molecule has 0 saturated carbocycles. The highest BCUT2D eigenvalue weighted by atomic mass is 16.6. The highest BCUT2D eigenvalue weighted by Gasteiger charge is 2.08. The summed E-state index contributed by atoms with van der Waals surface area (Å²) in [6.07, 6.45) is 4.52. The summed E-state index contributed by atoms with van der Waals surface area (Å²) in [5.74, 6) is 0.503. The maximum absolute atomic E-state index is 12.1. The maximum Gasteiger partial charge on any atom is 0.319 e. The fourth-order valence-corrected chi connectivity index (χ4v) is 2.72. The first-order valence-electron chi connectivity index (χ1n) is 9.83. The second-order valence-electron chi connectivity index (χ2n) is 6.77. The highest BCUT2D eigenvalue weighted by Crippen LogP contribution is 2.22. The number of nitrogens with one attached hydrogen (secondary N) is 2. The molecule has 0 aliphatic rings. The molecule has 2 amide bonds. The third-order valence-electron chi connectivity index (χ3n) is 4.56. The number of nitro groups is 1. The van der Waals surface area contributed by atoms with Gasteiger partial charge in [-0.25, -0.2) is 4.79 Å². The number of benzene rings is 2. The average Bonchev–Trinajstić information content (AvgIpc) is 2.73. The number of rotatable bonds is 10. The van der Waals surface area contributed by atoms with Gasteiger partial charge in [-0.15, -0.1) is 0 Å². The van der Waals surface area contributed by atoms with Crippen LogP contribution >= 0.6 is 0 Å². The van der Waals surface area contributed by atoms with Gasteiger partial charge >= 0.3 is 6.03 Å². The van der Waals surface area contributed by atoms with Crippen molar-refractivity contribution in [2.45, 2.75) is 39.5 Å². The zero-order chi connectivity index (χ0) is 21.1. The van der Waals surface area contributed by atoms with E-state index >= 15 is 0 Å². The monoisotopic (exact) mass is 397 g/mol. The van der Waals surface area contributed by atoms with Crippen molar-refractivity contribution < 1.29 is 9.72 Å². The molecule has 1 atom stereocenters. The van der Waals surface area contributed by atoms with Gasteiger partial charge in [0.15, 0.2) is 0 Å². The van der Waals surface area contributed by atoms with Crippen molar-refractivity contribution in [3.05, 3.63) is 58.6 Å². The molecule has 2 aromatic carbocycles. The molecular weight excluding hydrogens is 370 g/mol. The first kappa shape index (κ1) is 22.0. The number of urea groups is 1. The minimum absolute atomic E-state index is 0.00766. The minimum Gasteiger partial charge on any atom is -0.338 e. The number of anilines is 1. The number of unbranched alkanes of at least 4 members (excludes halogenated alkanes) is 1. The molecule has 0 radical (unpaired) electrons. The molecule has 0 heterocycles. The summed E-state index contributed by atoms with van der Waals surface area (Å²) < 4.78 is 0. The lowest BCUT2D eigenvalue weighted by Crippen LogP contribution is -2.32. The van der Waals surface area contributed by atoms with E-state index in [2.05, 4.69) is 34.7 Å². The largest absolute Gasteiger partial charge is 0.338 e. The Bertz CT molecular complexity index is 819. The number of hydrogen-bond acceptors (Lipinski definition) is 5. The van der Waals surface area contributed by atoms with E-state index in [1.165, 1.54) is 30.7 Å². The van der Waals surface area contributed by atoms with Crippen molar-refractivity contribution in [2.75, 3.05) is 11.9 Å². The summed E-state index contributed by atoms with van der Waals surface area (Å²) in [6, 6.07) is 12.6. The molecule has 0 spiro atoms. The fraction of sp³-hybridized carbons (Fsp3) is 0.381. The summed E-state index contributed by atoms with van der Waals surface area (Å²) in [5, 5.41) is 24.5. The highest BCUT2D eigenvalue weighted by molar-refractivity contribution is 5.89. The lowest BCUT2D eigenvalue weighted by Gasteiger charge is -2.15. The topological polar surface area (TPSA) is 109 Å².